The second kappa shape index (κ2) is 8.95. The van der Waals surface area contributed by atoms with Crippen molar-refractivity contribution in [2.75, 3.05) is 11.9 Å². The molecule has 9 heteroatoms. The number of fused-ring (bicyclic) bond motifs is 2. The lowest BCUT2D eigenvalue weighted by Gasteiger charge is -2.10. The van der Waals surface area contributed by atoms with E-state index in [4.69, 9.17) is 9.15 Å². The van der Waals surface area contributed by atoms with Crippen LogP contribution in [0.4, 0.5) is 10.5 Å². The van der Waals surface area contributed by atoms with Crippen LogP contribution in [0.15, 0.2) is 81.0 Å². The fourth-order valence-corrected chi connectivity index (χ4v) is 4.77. The average molecular weight is 474 g/mol. The van der Waals surface area contributed by atoms with Crippen LogP contribution in [-0.2, 0) is 11.3 Å². The van der Waals surface area contributed by atoms with E-state index in [1.165, 1.54) is 28.3 Å². The number of hydrogen-bond donors (Lipinski definition) is 1. The fourth-order valence-electron chi connectivity index (χ4n) is 3.71. The second-order valence-corrected chi connectivity index (χ2v) is 8.57. The van der Waals surface area contributed by atoms with Crippen molar-refractivity contribution in [3.63, 3.8) is 0 Å². The number of nitrogens with one attached hydrogen (secondary N) is 1. The summed E-state index contributed by atoms with van der Waals surface area (Å²) in [5.41, 5.74) is 2.25. The minimum absolute atomic E-state index is 0.146. The van der Waals surface area contributed by atoms with Crippen molar-refractivity contribution >= 4 is 44.3 Å². The molecule has 0 atom stereocenters. The third-order valence-corrected chi connectivity index (χ3v) is 6.42. The Morgan fingerprint density at radius 1 is 1.12 bits per heavy atom. The summed E-state index contributed by atoms with van der Waals surface area (Å²) in [6, 6.07) is 18.0. The number of carbonyl (C=O) groups is 1. The molecule has 2 aromatic carbocycles. The van der Waals surface area contributed by atoms with Crippen molar-refractivity contribution < 1.29 is 13.9 Å². The molecule has 3 aromatic heterocycles. The van der Waals surface area contributed by atoms with Gasteiger partial charge in [-0.2, -0.15) is 0 Å². The van der Waals surface area contributed by atoms with Gasteiger partial charge in [0.1, 0.15) is 10.3 Å². The zero-order valence-electron chi connectivity index (χ0n) is 18.1. The maximum Gasteiger partial charge on any atom is 0.411 e. The number of carbonyl (C=O) groups excluding carboxylic acids is 1. The van der Waals surface area contributed by atoms with Gasteiger partial charge in [0.2, 0.25) is 0 Å². The summed E-state index contributed by atoms with van der Waals surface area (Å²) in [6.45, 7) is 2.09. The van der Waals surface area contributed by atoms with Gasteiger partial charge in [-0.1, -0.05) is 30.3 Å². The van der Waals surface area contributed by atoms with E-state index in [-0.39, 0.29) is 18.7 Å². The van der Waals surface area contributed by atoms with E-state index in [2.05, 4.69) is 10.3 Å². The highest BCUT2D eigenvalue weighted by atomic mass is 32.1. The van der Waals surface area contributed by atoms with Gasteiger partial charge in [0, 0.05) is 28.1 Å². The van der Waals surface area contributed by atoms with Crippen LogP contribution in [0.25, 0.3) is 31.6 Å². The second-order valence-electron chi connectivity index (χ2n) is 7.52. The van der Waals surface area contributed by atoms with E-state index in [0.29, 0.717) is 32.4 Å². The third kappa shape index (κ3) is 4.20. The van der Waals surface area contributed by atoms with E-state index in [9.17, 15) is 14.4 Å². The normalized spacial score (nSPS) is 11.1. The first-order valence-corrected chi connectivity index (χ1v) is 11.4. The molecule has 0 spiro atoms. The number of benzene rings is 2. The van der Waals surface area contributed by atoms with Gasteiger partial charge in [-0.05, 0) is 36.2 Å². The van der Waals surface area contributed by atoms with Crippen LogP contribution in [0.3, 0.4) is 0 Å². The molecule has 0 aliphatic carbocycles. The molecule has 1 amide bonds. The van der Waals surface area contributed by atoms with Crippen LogP contribution in [0.1, 0.15) is 12.5 Å². The van der Waals surface area contributed by atoms with Crippen molar-refractivity contribution in [2.45, 2.75) is 13.5 Å². The standard InChI is InChI=1S/C25H19N3O5S/c1-2-32-25(31)27-17-8-9-18-16(10-22(29)33-20(18)11-17)13-28-14-26-19-12-21(34-23(19)24(28)30)15-6-4-3-5-7-15/h3-12,14H,2,13H2,1H3,(H,27,31). The molecule has 5 aromatic rings. The zero-order chi connectivity index (χ0) is 23.7. The van der Waals surface area contributed by atoms with Gasteiger partial charge >= 0.3 is 11.7 Å². The molecule has 8 nitrogen and oxygen atoms in total. The van der Waals surface area contributed by atoms with Gasteiger partial charge in [-0.15, -0.1) is 11.3 Å². The van der Waals surface area contributed by atoms with Gasteiger partial charge in [-0.3, -0.25) is 14.7 Å². The molecule has 0 aliphatic heterocycles. The van der Waals surface area contributed by atoms with Crippen LogP contribution in [0, 0.1) is 0 Å². The smallest absolute Gasteiger partial charge is 0.411 e. The maximum absolute atomic E-state index is 13.2. The molecule has 5 rings (SSSR count). The Balaban J connectivity index is 1.51. The Morgan fingerprint density at radius 3 is 2.74 bits per heavy atom. The molecule has 0 radical (unpaired) electrons. The number of hydrogen-bond acceptors (Lipinski definition) is 7. The van der Waals surface area contributed by atoms with Crippen molar-refractivity contribution in [1.29, 1.82) is 0 Å². The fraction of sp³-hybridized carbons (Fsp3) is 0.120. The zero-order valence-corrected chi connectivity index (χ0v) is 18.9. The first-order valence-electron chi connectivity index (χ1n) is 10.6. The van der Waals surface area contributed by atoms with Gasteiger partial charge in [0.25, 0.3) is 5.56 Å². The minimum Gasteiger partial charge on any atom is -0.450 e. The van der Waals surface area contributed by atoms with Crippen LogP contribution >= 0.6 is 11.3 Å². The highest BCUT2D eigenvalue weighted by molar-refractivity contribution is 7.22. The summed E-state index contributed by atoms with van der Waals surface area (Å²) in [5.74, 6) is 0. The number of thiophene rings is 1. The van der Waals surface area contributed by atoms with Crippen LogP contribution in [0.5, 0.6) is 0 Å². The van der Waals surface area contributed by atoms with E-state index >= 15 is 0 Å². The molecule has 0 unspecified atom stereocenters. The van der Waals surface area contributed by atoms with E-state index in [1.807, 2.05) is 36.4 Å². The first kappa shape index (κ1) is 21.6. The largest absolute Gasteiger partial charge is 0.450 e. The molecule has 0 fully saturated rings. The molecule has 0 saturated heterocycles. The Morgan fingerprint density at radius 2 is 1.94 bits per heavy atom. The monoisotopic (exact) mass is 473 g/mol. The Bertz CT molecular complexity index is 1640. The predicted octanol–water partition coefficient (Wildman–Crippen LogP) is 4.85. The van der Waals surface area contributed by atoms with Gasteiger partial charge in [-0.25, -0.2) is 14.6 Å². The molecular formula is C25H19N3O5S. The van der Waals surface area contributed by atoms with Gasteiger partial charge in [0.05, 0.1) is 25.0 Å². The predicted molar refractivity (Wildman–Crippen MR) is 132 cm³/mol. The van der Waals surface area contributed by atoms with Gasteiger partial charge < -0.3 is 9.15 Å². The SMILES string of the molecule is CCOC(=O)Nc1ccc2c(Cn3cnc4cc(-c5ccccc5)sc4c3=O)cc(=O)oc2c1. The summed E-state index contributed by atoms with van der Waals surface area (Å²) < 4.78 is 12.2. The number of rotatable bonds is 5. The number of ether oxygens (including phenoxy) is 1. The Labute approximate surface area is 197 Å². The number of amides is 1. The van der Waals surface area contributed by atoms with Crippen molar-refractivity contribution in [3.8, 4) is 10.4 Å². The molecule has 170 valence electrons. The highest BCUT2D eigenvalue weighted by Crippen LogP contribution is 2.30. The van der Waals surface area contributed by atoms with Crippen molar-refractivity contribution in [3.05, 3.63) is 93.3 Å². The van der Waals surface area contributed by atoms with Crippen LogP contribution < -0.4 is 16.5 Å². The summed E-state index contributed by atoms with van der Waals surface area (Å²) in [4.78, 5) is 42.5. The summed E-state index contributed by atoms with van der Waals surface area (Å²) >= 11 is 1.39. The van der Waals surface area contributed by atoms with E-state index < -0.39 is 11.7 Å². The average Bonchev–Trinajstić information content (AvgIpc) is 3.26. The molecule has 3 heterocycles. The molecule has 34 heavy (non-hydrogen) atoms. The van der Waals surface area contributed by atoms with E-state index in [1.54, 1.807) is 25.1 Å². The highest BCUT2D eigenvalue weighted by Gasteiger charge is 2.13. The Kier molecular flexibility index (Phi) is 5.69. The summed E-state index contributed by atoms with van der Waals surface area (Å²) in [7, 11) is 0. The van der Waals surface area contributed by atoms with E-state index in [0.717, 1.165) is 10.4 Å². The molecular weight excluding hydrogens is 454 g/mol. The van der Waals surface area contributed by atoms with Gasteiger partial charge in [0.15, 0.2) is 0 Å². The third-order valence-electron chi connectivity index (χ3n) is 5.25. The van der Waals surface area contributed by atoms with Crippen LogP contribution in [0.2, 0.25) is 0 Å². The lowest BCUT2D eigenvalue weighted by molar-refractivity contribution is 0.168. The molecule has 0 bridgehead atoms. The topological polar surface area (TPSA) is 103 Å². The lowest BCUT2D eigenvalue weighted by Crippen LogP contribution is -2.21. The van der Waals surface area contributed by atoms with Crippen LogP contribution in [-0.4, -0.2) is 22.3 Å². The van der Waals surface area contributed by atoms with Crippen molar-refractivity contribution in [2.24, 2.45) is 0 Å². The lowest BCUT2D eigenvalue weighted by atomic mass is 10.1. The summed E-state index contributed by atoms with van der Waals surface area (Å²) in [5, 5.41) is 3.23. The molecule has 0 aliphatic rings. The quantitative estimate of drug-likeness (QED) is 0.366. The number of nitrogens with zero attached hydrogens (tertiary/aromatic N) is 2. The first-order chi connectivity index (χ1) is 16.5. The Hall–Kier alpha value is -4.24. The molecule has 1 N–H and O–H groups in total. The maximum atomic E-state index is 13.2. The molecule has 0 saturated carbocycles. The number of anilines is 1. The number of aromatic nitrogens is 2. The summed E-state index contributed by atoms with van der Waals surface area (Å²) in [6.07, 6.45) is 0.889. The minimum atomic E-state index is -0.600. The van der Waals surface area contributed by atoms with Crippen molar-refractivity contribution in [1.82, 2.24) is 9.55 Å².